The smallest absolute Gasteiger partial charge is 0.220 e. The molecule has 0 aliphatic carbocycles. The summed E-state index contributed by atoms with van der Waals surface area (Å²) < 4.78 is 0. The van der Waals surface area contributed by atoms with Crippen molar-refractivity contribution < 1.29 is 4.79 Å². The largest absolute Gasteiger partial charge is 0.356 e. The molecule has 2 rings (SSSR count). The molecule has 1 saturated heterocycles. The summed E-state index contributed by atoms with van der Waals surface area (Å²) in [6, 6.07) is 0. The van der Waals surface area contributed by atoms with Gasteiger partial charge in [0.25, 0.3) is 0 Å². The van der Waals surface area contributed by atoms with Gasteiger partial charge in [0, 0.05) is 17.8 Å². The first kappa shape index (κ1) is 15.4. The minimum Gasteiger partial charge on any atom is -0.356 e. The Morgan fingerprint density at radius 2 is 2.20 bits per heavy atom. The lowest BCUT2D eigenvalue weighted by Crippen LogP contribution is -2.26. The quantitative estimate of drug-likeness (QED) is 0.749. The van der Waals surface area contributed by atoms with Crippen LogP contribution in [0.4, 0.5) is 0 Å². The Hall–Kier alpha value is -0.940. The fourth-order valence-corrected chi connectivity index (χ4v) is 3.42. The molecule has 1 fully saturated rings. The van der Waals surface area contributed by atoms with E-state index >= 15 is 0 Å². The fourth-order valence-electron chi connectivity index (χ4n) is 2.60. The molecule has 0 radical (unpaired) electrons. The number of hydrogen-bond acceptors (Lipinski definition) is 4. The maximum atomic E-state index is 11.7. The van der Waals surface area contributed by atoms with E-state index in [0.29, 0.717) is 6.42 Å². The predicted octanol–water partition coefficient (Wildman–Crippen LogP) is 2.38. The van der Waals surface area contributed by atoms with Crippen LogP contribution in [-0.4, -0.2) is 42.0 Å². The van der Waals surface area contributed by atoms with Crippen LogP contribution in [0.5, 0.6) is 0 Å². The summed E-state index contributed by atoms with van der Waals surface area (Å²) in [5.41, 5.74) is 3.02. The lowest BCUT2D eigenvalue weighted by Gasteiger charge is -2.13. The molecule has 1 aliphatic rings. The first-order valence-electron chi connectivity index (χ1n) is 7.64. The van der Waals surface area contributed by atoms with Crippen molar-refractivity contribution in [3.63, 3.8) is 0 Å². The molecule has 5 heteroatoms. The number of carbonyl (C=O) groups is 1. The van der Waals surface area contributed by atoms with E-state index in [9.17, 15) is 4.79 Å². The fraction of sp³-hybridized carbons (Fsp3) is 0.733. The number of amides is 1. The molecular weight excluding hydrogens is 270 g/mol. The van der Waals surface area contributed by atoms with E-state index in [4.69, 9.17) is 0 Å². The molecule has 20 heavy (non-hydrogen) atoms. The third-order valence-corrected chi connectivity index (χ3v) is 4.82. The minimum atomic E-state index is 0.199. The van der Waals surface area contributed by atoms with Crippen molar-refractivity contribution in [3.8, 4) is 0 Å². The molecule has 112 valence electrons. The molecule has 1 N–H and O–H groups in total. The first-order chi connectivity index (χ1) is 9.75. The van der Waals surface area contributed by atoms with Crippen LogP contribution >= 0.6 is 11.3 Å². The minimum absolute atomic E-state index is 0.199. The van der Waals surface area contributed by atoms with Gasteiger partial charge in [0.05, 0.1) is 11.2 Å². The SMILES string of the molecule is Cc1ncsc1CCCNC(=O)CCCN1CCCC1. The van der Waals surface area contributed by atoms with Crippen molar-refractivity contribution >= 4 is 17.2 Å². The van der Waals surface area contributed by atoms with Crippen molar-refractivity contribution in [1.82, 2.24) is 15.2 Å². The standard InChI is InChI=1S/C15H25N3OS/c1-13-14(20-12-17-13)6-4-8-16-15(19)7-5-11-18-9-2-3-10-18/h12H,2-11H2,1H3,(H,16,19). The van der Waals surface area contributed by atoms with Gasteiger partial charge in [0.2, 0.25) is 5.91 Å². The van der Waals surface area contributed by atoms with E-state index in [-0.39, 0.29) is 5.91 Å². The molecular formula is C15H25N3OS. The highest BCUT2D eigenvalue weighted by Crippen LogP contribution is 2.13. The molecule has 0 saturated carbocycles. The highest BCUT2D eigenvalue weighted by Gasteiger charge is 2.11. The summed E-state index contributed by atoms with van der Waals surface area (Å²) in [4.78, 5) is 19.7. The third-order valence-electron chi connectivity index (χ3n) is 3.82. The van der Waals surface area contributed by atoms with Crippen LogP contribution in [0.2, 0.25) is 0 Å². The third kappa shape index (κ3) is 5.21. The molecule has 1 amide bonds. The summed E-state index contributed by atoms with van der Waals surface area (Å²) >= 11 is 1.71. The number of thiazole rings is 1. The van der Waals surface area contributed by atoms with E-state index in [1.807, 2.05) is 12.4 Å². The number of aromatic nitrogens is 1. The Balaban J connectivity index is 1.48. The van der Waals surface area contributed by atoms with Gasteiger partial charge >= 0.3 is 0 Å². The van der Waals surface area contributed by atoms with Gasteiger partial charge in [-0.05, 0) is 58.7 Å². The highest BCUT2D eigenvalue weighted by molar-refractivity contribution is 7.09. The van der Waals surface area contributed by atoms with E-state index in [0.717, 1.165) is 38.0 Å². The normalized spacial score (nSPS) is 15.7. The highest BCUT2D eigenvalue weighted by atomic mass is 32.1. The van der Waals surface area contributed by atoms with Crippen molar-refractivity contribution in [2.75, 3.05) is 26.2 Å². The molecule has 2 heterocycles. The van der Waals surface area contributed by atoms with Gasteiger partial charge in [-0.3, -0.25) is 4.79 Å². The summed E-state index contributed by atoms with van der Waals surface area (Å²) in [7, 11) is 0. The zero-order chi connectivity index (χ0) is 14.2. The van der Waals surface area contributed by atoms with Crippen LogP contribution in [-0.2, 0) is 11.2 Å². The molecule has 1 aliphatic heterocycles. The van der Waals surface area contributed by atoms with E-state index in [1.54, 1.807) is 11.3 Å². The number of nitrogens with one attached hydrogen (secondary N) is 1. The van der Waals surface area contributed by atoms with E-state index < -0.39 is 0 Å². The molecule has 0 bridgehead atoms. The van der Waals surface area contributed by atoms with Crippen molar-refractivity contribution in [2.24, 2.45) is 0 Å². The number of aryl methyl sites for hydroxylation is 2. The van der Waals surface area contributed by atoms with Gasteiger partial charge in [0.15, 0.2) is 0 Å². The van der Waals surface area contributed by atoms with Gasteiger partial charge in [-0.2, -0.15) is 0 Å². The Labute approximate surface area is 125 Å². The summed E-state index contributed by atoms with van der Waals surface area (Å²) in [6.07, 6.45) is 6.31. The number of rotatable bonds is 8. The van der Waals surface area contributed by atoms with Crippen LogP contribution in [0.15, 0.2) is 5.51 Å². The average molecular weight is 295 g/mol. The Morgan fingerprint density at radius 1 is 1.40 bits per heavy atom. The average Bonchev–Trinajstić information content (AvgIpc) is 3.07. The Kier molecular flexibility index (Phi) is 6.47. The molecule has 0 aromatic carbocycles. The second-order valence-electron chi connectivity index (χ2n) is 5.47. The number of likely N-dealkylation sites (tertiary alicyclic amines) is 1. The predicted molar refractivity (Wildman–Crippen MR) is 83.1 cm³/mol. The Morgan fingerprint density at radius 3 is 2.90 bits per heavy atom. The van der Waals surface area contributed by atoms with Gasteiger partial charge in [-0.25, -0.2) is 4.98 Å². The summed E-state index contributed by atoms with van der Waals surface area (Å²) in [5.74, 6) is 0.199. The zero-order valence-corrected chi connectivity index (χ0v) is 13.2. The van der Waals surface area contributed by atoms with Crippen LogP contribution < -0.4 is 5.32 Å². The lowest BCUT2D eigenvalue weighted by atomic mass is 10.2. The lowest BCUT2D eigenvalue weighted by molar-refractivity contribution is -0.121. The van der Waals surface area contributed by atoms with E-state index in [1.165, 1.54) is 30.8 Å². The van der Waals surface area contributed by atoms with Crippen LogP contribution in [0.25, 0.3) is 0 Å². The number of hydrogen-bond donors (Lipinski definition) is 1. The monoisotopic (exact) mass is 295 g/mol. The summed E-state index contributed by atoms with van der Waals surface area (Å²) in [6.45, 7) is 6.34. The maximum absolute atomic E-state index is 11.7. The molecule has 0 spiro atoms. The molecule has 0 atom stereocenters. The number of nitrogens with zero attached hydrogens (tertiary/aromatic N) is 2. The zero-order valence-electron chi connectivity index (χ0n) is 12.4. The van der Waals surface area contributed by atoms with Crippen molar-refractivity contribution in [1.29, 1.82) is 0 Å². The second-order valence-corrected chi connectivity index (χ2v) is 6.41. The van der Waals surface area contributed by atoms with Crippen LogP contribution in [0, 0.1) is 6.92 Å². The molecule has 0 unspecified atom stereocenters. The van der Waals surface area contributed by atoms with Crippen molar-refractivity contribution in [3.05, 3.63) is 16.1 Å². The van der Waals surface area contributed by atoms with Gasteiger partial charge in [0.1, 0.15) is 0 Å². The molecule has 1 aromatic rings. The van der Waals surface area contributed by atoms with Gasteiger partial charge in [-0.15, -0.1) is 11.3 Å². The van der Waals surface area contributed by atoms with E-state index in [2.05, 4.69) is 15.2 Å². The van der Waals surface area contributed by atoms with Crippen molar-refractivity contribution in [2.45, 2.75) is 45.4 Å². The summed E-state index contributed by atoms with van der Waals surface area (Å²) in [5, 5.41) is 3.02. The number of carbonyl (C=O) groups excluding carboxylic acids is 1. The van der Waals surface area contributed by atoms with Crippen LogP contribution in [0.3, 0.4) is 0 Å². The first-order valence-corrected chi connectivity index (χ1v) is 8.51. The van der Waals surface area contributed by atoms with Gasteiger partial charge < -0.3 is 10.2 Å². The maximum Gasteiger partial charge on any atom is 0.220 e. The molecule has 4 nitrogen and oxygen atoms in total. The second kappa shape index (κ2) is 8.37. The van der Waals surface area contributed by atoms with Crippen LogP contribution in [0.1, 0.15) is 42.7 Å². The molecule has 1 aromatic heterocycles. The van der Waals surface area contributed by atoms with Gasteiger partial charge in [-0.1, -0.05) is 0 Å². The Bertz CT molecular complexity index is 413. The topological polar surface area (TPSA) is 45.2 Å².